The smallest absolute Gasteiger partial charge is 0.394 e. The van der Waals surface area contributed by atoms with Crippen molar-refractivity contribution in [2.45, 2.75) is 12.2 Å². The van der Waals surface area contributed by atoms with Crippen LogP contribution in [0.1, 0.15) is 0 Å². The Bertz CT molecular complexity index is 523. The second-order valence-corrected chi connectivity index (χ2v) is 7.95. The molecule has 7 N–H and O–H groups in total. The molecule has 2 unspecified atom stereocenters. The number of carbonyl (C=O) groups is 1. The summed E-state index contributed by atoms with van der Waals surface area (Å²) in [6.45, 7) is -2.41. The molecule has 0 saturated carbocycles. The second kappa shape index (κ2) is 8.18. The zero-order valence-electron chi connectivity index (χ0n) is 10.4. The maximum atomic E-state index is 11.2. The van der Waals surface area contributed by atoms with E-state index in [0.717, 1.165) is 0 Å². The topological polar surface area (TPSA) is 238 Å². The molecule has 4 atom stereocenters. The predicted molar refractivity (Wildman–Crippen MR) is 63.9 cm³/mol. The molecule has 0 bridgehead atoms. The number of phosphoric acid groups is 3. The van der Waals surface area contributed by atoms with E-state index in [2.05, 4.69) is 13.1 Å². The molecule has 22 heavy (non-hydrogen) atoms. The molecule has 0 rings (SSSR count). The van der Waals surface area contributed by atoms with Crippen molar-refractivity contribution in [3.63, 3.8) is 0 Å². The SMILES string of the molecule is O=C(COP(=O)(O)OP(=O)(O)OP(=O)(O)O)[C@@H](O)[C@H](O)CO. The van der Waals surface area contributed by atoms with E-state index >= 15 is 0 Å². The van der Waals surface area contributed by atoms with E-state index in [1.165, 1.54) is 0 Å². The highest BCUT2D eigenvalue weighted by molar-refractivity contribution is 7.66. The minimum Gasteiger partial charge on any atom is -0.394 e. The first-order valence-electron chi connectivity index (χ1n) is 4.97. The first-order valence-corrected chi connectivity index (χ1v) is 9.49. The molecule has 0 aromatic carbocycles. The van der Waals surface area contributed by atoms with Crippen molar-refractivity contribution < 1.29 is 66.5 Å². The summed E-state index contributed by atoms with van der Waals surface area (Å²) in [6.07, 6.45) is -4.09. The van der Waals surface area contributed by atoms with Gasteiger partial charge in [-0.2, -0.15) is 8.62 Å². The molecule has 17 heteroatoms. The van der Waals surface area contributed by atoms with E-state index in [-0.39, 0.29) is 0 Å². The lowest BCUT2D eigenvalue weighted by molar-refractivity contribution is -0.137. The highest BCUT2D eigenvalue weighted by Crippen LogP contribution is 2.66. The number of aliphatic hydroxyl groups is 3. The number of hydrogen-bond donors (Lipinski definition) is 7. The maximum Gasteiger partial charge on any atom is 0.490 e. The van der Waals surface area contributed by atoms with E-state index in [9.17, 15) is 18.5 Å². The van der Waals surface area contributed by atoms with Crippen molar-refractivity contribution in [3.8, 4) is 0 Å². The molecule has 0 spiro atoms. The van der Waals surface area contributed by atoms with Crippen molar-refractivity contribution in [1.82, 2.24) is 0 Å². The first-order chi connectivity index (χ1) is 9.69. The highest BCUT2D eigenvalue weighted by Gasteiger charge is 2.41. The lowest BCUT2D eigenvalue weighted by Gasteiger charge is -2.17. The highest BCUT2D eigenvalue weighted by atomic mass is 31.3. The average Bonchev–Trinajstić information content (AvgIpc) is 2.29. The molecule has 0 saturated heterocycles. The second-order valence-electron chi connectivity index (χ2n) is 3.53. The Morgan fingerprint density at radius 3 is 1.86 bits per heavy atom. The van der Waals surface area contributed by atoms with Gasteiger partial charge in [-0.15, -0.1) is 0 Å². The van der Waals surface area contributed by atoms with Gasteiger partial charge in [0.05, 0.1) is 6.61 Å². The fourth-order valence-corrected chi connectivity index (χ4v) is 3.83. The van der Waals surface area contributed by atoms with E-state index in [4.69, 9.17) is 34.9 Å². The Morgan fingerprint density at radius 2 is 1.45 bits per heavy atom. The summed E-state index contributed by atoms with van der Waals surface area (Å²) in [7, 11) is -16.7. The van der Waals surface area contributed by atoms with Crippen LogP contribution in [0.4, 0.5) is 0 Å². The van der Waals surface area contributed by atoms with Gasteiger partial charge in [0, 0.05) is 0 Å². The summed E-state index contributed by atoms with van der Waals surface area (Å²) in [5, 5.41) is 26.4. The van der Waals surface area contributed by atoms with E-state index in [0.29, 0.717) is 0 Å². The Hall–Kier alpha value is -0.0400. The third-order valence-corrected chi connectivity index (χ3v) is 5.45. The van der Waals surface area contributed by atoms with Crippen LogP contribution in [0.5, 0.6) is 0 Å². The van der Waals surface area contributed by atoms with Crippen molar-refractivity contribution in [2.75, 3.05) is 13.2 Å². The van der Waals surface area contributed by atoms with Crippen LogP contribution in [0.25, 0.3) is 0 Å². The molecule has 0 aromatic rings. The first kappa shape index (κ1) is 22.0. The van der Waals surface area contributed by atoms with Gasteiger partial charge in [-0.25, -0.2) is 13.7 Å². The average molecular weight is 390 g/mol. The summed E-state index contributed by atoms with van der Waals surface area (Å²) in [4.78, 5) is 45.4. The van der Waals surface area contributed by atoms with Crippen molar-refractivity contribution in [1.29, 1.82) is 0 Å². The van der Waals surface area contributed by atoms with Crippen LogP contribution in [-0.2, 0) is 31.6 Å². The monoisotopic (exact) mass is 390 g/mol. The van der Waals surface area contributed by atoms with Crippen LogP contribution in [0.2, 0.25) is 0 Å². The van der Waals surface area contributed by atoms with Crippen LogP contribution in [0.3, 0.4) is 0 Å². The summed E-state index contributed by atoms with van der Waals surface area (Å²) >= 11 is 0. The van der Waals surface area contributed by atoms with Gasteiger partial charge < -0.3 is 34.9 Å². The van der Waals surface area contributed by atoms with Crippen LogP contribution < -0.4 is 0 Å². The largest absolute Gasteiger partial charge is 0.490 e. The van der Waals surface area contributed by atoms with E-state index in [1.54, 1.807) is 0 Å². The molecule has 0 fully saturated rings. The zero-order valence-corrected chi connectivity index (χ0v) is 13.1. The lowest BCUT2D eigenvalue weighted by atomic mass is 10.1. The number of phosphoric ester groups is 1. The molecule has 0 aliphatic carbocycles. The van der Waals surface area contributed by atoms with Crippen LogP contribution >= 0.6 is 23.5 Å². The summed E-state index contributed by atoms with van der Waals surface area (Å²) < 4.78 is 43.0. The minimum atomic E-state index is -5.71. The third kappa shape index (κ3) is 9.18. The summed E-state index contributed by atoms with van der Waals surface area (Å²) in [6, 6.07) is 0. The standard InChI is InChI=1S/C5H13O14P3/c6-1-3(7)5(9)4(8)2-17-21(13,14)19-22(15,16)18-20(10,11)12/h3,5-7,9H,1-2H2,(H,13,14)(H,15,16)(H2,10,11,12)/t3-,5+/m1/s1. The van der Waals surface area contributed by atoms with Gasteiger partial charge in [0.1, 0.15) is 18.8 Å². The van der Waals surface area contributed by atoms with Gasteiger partial charge in [0.25, 0.3) is 0 Å². The molecule has 0 radical (unpaired) electrons. The summed E-state index contributed by atoms with van der Waals surface area (Å²) in [5.41, 5.74) is 0. The molecular formula is C5H13O14P3. The molecule has 0 amide bonds. The Labute approximate surface area is 122 Å². The number of rotatable bonds is 10. The van der Waals surface area contributed by atoms with Gasteiger partial charge >= 0.3 is 23.5 Å². The molecular weight excluding hydrogens is 377 g/mol. The fourth-order valence-electron chi connectivity index (χ4n) is 0.848. The van der Waals surface area contributed by atoms with Crippen LogP contribution in [-0.4, -0.2) is 66.1 Å². The minimum absolute atomic E-state index is 1.01. The number of aliphatic hydroxyl groups excluding tert-OH is 3. The molecule has 132 valence electrons. The summed E-state index contributed by atoms with van der Waals surface area (Å²) in [5.74, 6) is -1.40. The molecule has 0 aliphatic heterocycles. The van der Waals surface area contributed by atoms with Crippen molar-refractivity contribution in [3.05, 3.63) is 0 Å². The molecule has 0 aliphatic rings. The van der Waals surface area contributed by atoms with E-state index < -0.39 is 54.7 Å². The number of hydrogen-bond acceptors (Lipinski definition) is 10. The third-order valence-electron chi connectivity index (χ3n) is 1.67. The van der Waals surface area contributed by atoms with Gasteiger partial charge in [0.2, 0.25) is 0 Å². The molecule has 14 nitrogen and oxygen atoms in total. The quantitative estimate of drug-likeness (QED) is 0.193. The predicted octanol–water partition coefficient (Wildman–Crippen LogP) is -2.39. The van der Waals surface area contributed by atoms with Gasteiger partial charge in [-0.1, -0.05) is 0 Å². The van der Waals surface area contributed by atoms with Crippen LogP contribution in [0, 0.1) is 0 Å². The van der Waals surface area contributed by atoms with Gasteiger partial charge in [-0.05, 0) is 0 Å². The van der Waals surface area contributed by atoms with Gasteiger partial charge in [0.15, 0.2) is 5.78 Å². The number of ketones is 1. The Balaban J connectivity index is 4.66. The maximum absolute atomic E-state index is 11.2. The molecule has 0 heterocycles. The van der Waals surface area contributed by atoms with Crippen LogP contribution in [0.15, 0.2) is 0 Å². The number of Topliss-reactive ketones (excluding diaryl/α,β-unsaturated/α-hetero) is 1. The Morgan fingerprint density at radius 1 is 0.955 bits per heavy atom. The normalized spacial score (nSPS) is 20.7. The molecule has 0 aromatic heterocycles. The van der Waals surface area contributed by atoms with Gasteiger partial charge in [-0.3, -0.25) is 9.32 Å². The van der Waals surface area contributed by atoms with E-state index in [1.807, 2.05) is 0 Å². The zero-order chi connectivity index (χ0) is 17.8. The fraction of sp³-hybridized carbons (Fsp3) is 0.800. The van der Waals surface area contributed by atoms with Crippen molar-refractivity contribution >= 4 is 29.3 Å². The number of carbonyl (C=O) groups excluding carboxylic acids is 1. The Kier molecular flexibility index (Phi) is 8.16. The van der Waals surface area contributed by atoms with Crippen molar-refractivity contribution in [2.24, 2.45) is 0 Å². The lowest BCUT2D eigenvalue weighted by Crippen LogP contribution is -2.38.